The number of hydrogen-bond donors (Lipinski definition) is 2. The van der Waals surface area contributed by atoms with Crippen molar-refractivity contribution in [2.24, 2.45) is 5.73 Å². The van der Waals surface area contributed by atoms with Gasteiger partial charge in [0.15, 0.2) is 0 Å². The first kappa shape index (κ1) is 12.9. The minimum atomic E-state index is -0.387. The van der Waals surface area contributed by atoms with Crippen LogP contribution in [-0.4, -0.2) is 37.1 Å². The second kappa shape index (κ2) is 5.77. The van der Waals surface area contributed by atoms with Crippen molar-refractivity contribution >= 4 is 22.9 Å². The Morgan fingerprint density at radius 1 is 1.50 bits per heavy atom. The van der Waals surface area contributed by atoms with Crippen molar-refractivity contribution in [3.63, 3.8) is 0 Å². The third kappa shape index (κ3) is 3.43. The van der Waals surface area contributed by atoms with Crippen LogP contribution in [0.1, 0.15) is 5.56 Å². The third-order valence-corrected chi connectivity index (χ3v) is 2.34. The summed E-state index contributed by atoms with van der Waals surface area (Å²) in [7, 11) is 3.95. The Bertz CT molecular complexity index is 379. The SMILES string of the molecule is CN(C)CCNc1cccc(F)c1C(N)=S. The Kier molecular flexibility index (Phi) is 4.64. The molecule has 0 radical (unpaired) electrons. The highest BCUT2D eigenvalue weighted by Gasteiger charge is 2.10. The van der Waals surface area contributed by atoms with E-state index in [0.717, 1.165) is 6.54 Å². The van der Waals surface area contributed by atoms with E-state index in [1.165, 1.54) is 6.07 Å². The Balaban J connectivity index is 2.79. The molecule has 1 aromatic rings. The summed E-state index contributed by atoms with van der Waals surface area (Å²) in [5.41, 5.74) is 6.42. The van der Waals surface area contributed by atoms with Crippen LogP contribution in [0.25, 0.3) is 0 Å². The van der Waals surface area contributed by atoms with Crippen LogP contribution in [0.15, 0.2) is 18.2 Å². The van der Waals surface area contributed by atoms with E-state index in [1.54, 1.807) is 12.1 Å². The first-order chi connectivity index (χ1) is 7.52. The quantitative estimate of drug-likeness (QED) is 0.765. The molecule has 1 rings (SSSR count). The molecule has 0 spiro atoms. The monoisotopic (exact) mass is 241 g/mol. The molecule has 0 fully saturated rings. The van der Waals surface area contributed by atoms with Crippen LogP contribution in [0.5, 0.6) is 0 Å². The Labute approximate surface area is 100 Å². The summed E-state index contributed by atoms with van der Waals surface area (Å²) in [5, 5.41) is 3.12. The third-order valence-electron chi connectivity index (χ3n) is 2.13. The fraction of sp³-hybridized carbons (Fsp3) is 0.364. The lowest BCUT2D eigenvalue weighted by Gasteiger charge is -2.14. The smallest absolute Gasteiger partial charge is 0.135 e. The van der Waals surface area contributed by atoms with E-state index >= 15 is 0 Å². The number of rotatable bonds is 5. The molecule has 0 saturated heterocycles. The van der Waals surface area contributed by atoms with Crippen LogP contribution in [0, 0.1) is 5.82 Å². The molecule has 0 atom stereocenters. The van der Waals surface area contributed by atoms with Crippen molar-refractivity contribution in [3.8, 4) is 0 Å². The summed E-state index contributed by atoms with van der Waals surface area (Å²) in [6, 6.07) is 4.76. The Morgan fingerprint density at radius 2 is 2.19 bits per heavy atom. The standard InChI is InChI=1S/C11H16FN3S/c1-15(2)7-6-14-9-5-3-4-8(12)10(9)11(13)16/h3-5,14H,6-7H2,1-2H3,(H2,13,16). The van der Waals surface area contributed by atoms with Gasteiger partial charge >= 0.3 is 0 Å². The Morgan fingerprint density at radius 3 is 2.75 bits per heavy atom. The number of anilines is 1. The van der Waals surface area contributed by atoms with E-state index in [1.807, 2.05) is 19.0 Å². The van der Waals surface area contributed by atoms with Gasteiger partial charge in [-0.1, -0.05) is 18.3 Å². The molecular formula is C11H16FN3S. The lowest BCUT2D eigenvalue weighted by molar-refractivity contribution is 0.425. The number of halogens is 1. The largest absolute Gasteiger partial charge is 0.389 e. The van der Waals surface area contributed by atoms with Crippen LogP contribution in [-0.2, 0) is 0 Å². The van der Waals surface area contributed by atoms with E-state index in [2.05, 4.69) is 5.32 Å². The molecule has 3 N–H and O–H groups in total. The summed E-state index contributed by atoms with van der Waals surface area (Å²) in [4.78, 5) is 2.11. The number of nitrogens with two attached hydrogens (primary N) is 1. The summed E-state index contributed by atoms with van der Waals surface area (Å²) in [5.74, 6) is -0.387. The number of nitrogens with zero attached hydrogens (tertiary/aromatic N) is 1. The van der Waals surface area contributed by atoms with Gasteiger partial charge in [-0.2, -0.15) is 0 Å². The molecule has 0 heterocycles. The maximum Gasteiger partial charge on any atom is 0.135 e. The zero-order valence-electron chi connectivity index (χ0n) is 9.46. The average Bonchev–Trinajstić information content (AvgIpc) is 2.16. The zero-order chi connectivity index (χ0) is 12.1. The average molecular weight is 241 g/mol. The molecule has 0 amide bonds. The maximum absolute atomic E-state index is 13.5. The first-order valence-corrected chi connectivity index (χ1v) is 5.40. The van der Waals surface area contributed by atoms with E-state index in [0.29, 0.717) is 12.2 Å². The predicted molar refractivity (Wildman–Crippen MR) is 69.3 cm³/mol. The molecule has 3 nitrogen and oxygen atoms in total. The molecule has 16 heavy (non-hydrogen) atoms. The second-order valence-electron chi connectivity index (χ2n) is 3.76. The first-order valence-electron chi connectivity index (χ1n) is 4.99. The van der Waals surface area contributed by atoms with Gasteiger partial charge in [-0.15, -0.1) is 0 Å². The highest BCUT2D eigenvalue weighted by Crippen LogP contribution is 2.18. The summed E-state index contributed by atoms with van der Waals surface area (Å²) in [6.45, 7) is 1.57. The molecule has 0 unspecified atom stereocenters. The van der Waals surface area contributed by atoms with Crippen molar-refractivity contribution in [1.29, 1.82) is 0 Å². The molecule has 88 valence electrons. The lowest BCUT2D eigenvalue weighted by atomic mass is 10.1. The van der Waals surface area contributed by atoms with Gasteiger partial charge in [0.2, 0.25) is 0 Å². The van der Waals surface area contributed by atoms with Crippen molar-refractivity contribution in [3.05, 3.63) is 29.6 Å². The van der Waals surface area contributed by atoms with E-state index in [-0.39, 0.29) is 16.4 Å². The van der Waals surface area contributed by atoms with Gasteiger partial charge in [0.1, 0.15) is 10.8 Å². The lowest BCUT2D eigenvalue weighted by Crippen LogP contribution is -2.22. The minimum Gasteiger partial charge on any atom is -0.389 e. The van der Waals surface area contributed by atoms with Crippen LogP contribution < -0.4 is 11.1 Å². The highest BCUT2D eigenvalue weighted by molar-refractivity contribution is 7.80. The molecule has 0 aliphatic carbocycles. The molecule has 0 aliphatic rings. The maximum atomic E-state index is 13.5. The van der Waals surface area contributed by atoms with Gasteiger partial charge in [0.05, 0.1) is 5.56 Å². The number of benzene rings is 1. The highest BCUT2D eigenvalue weighted by atomic mass is 32.1. The predicted octanol–water partition coefficient (Wildman–Crippen LogP) is 1.43. The normalized spacial score (nSPS) is 10.5. The van der Waals surface area contributed by atoms with Gasteiger partial charge in [-0.25, -0.2) is 4.39 Å². The van der Waals surface area contributed by atoms with E-state index in [4.69, 9.17) is 18.0 Å². The van der Waals surface area contributed by atoms with Crippen LogP contribution in [0.3, 0.4) is 0 Å². The molecule has 0 saturated carbocycles. The van der Waals surface area contributed by atoms with Crippen molar-refractivity contribution in [2.45, 2.75) is 0 Å². The van der Waals surface area contributed by atoms with Crippen LogP contribution >= 0.6 is 12.2 Å². The number of likely N-dealkylation sites (N-methyl/N-ethyl adjacent to an activating group) is 1. The molecule has 5 heteroatoms. The topological polar surface area (TPSA) is 41.3 Å². The number of nitrogens with one attached hydrogen (secondary N) is 1. The zero-order valence-corrected chi connectivity index (χ0v) is 10.3. The number of hydrogen-bond acceptors (Lipinski definition) is 3. The summed E-state index contributed by atoms with van der Waals surface area (Å²) >= 11 is 4.83. The summed E-state index contributed by atoms with van der Waals surface area (Å²) < 4.78 is 13.5. The molecule has 0 aromatic heterocycles. The van der Waals surface area contributed by atoms with Crippen LogP contribution in [0.4, 0.5) is 10.1 Å². The van der Waals surface area contributed by atoms with Gasteiger partial charge in [0.25, 0.3) is 0 Å². The molecule has 0 aliphatic heterocycles. The van der Waals surface area contributed by atoms with Gasteiger partial charge in [0, 0.05) is 18.8 Å². The van der Waals surface area contributed by atoms with Gasteiger partial charge in [-0.3, -0.25) is 0 Å². The van der Waals surface area contributed by atoms with Crippen LogP contribution in [0.2, 0.25) is 0 Å². The number of thiocarbonyl (C=S) groups is 1. The fourth-order valence-electron chi connectivity index (χ4n) is 1.34. The molecule has 0 bridgehead atoms. The minimum absolute atomic E-state index is 0.0745. The Hall–Kier alpha value is -1.20. The summed E-state index contributed by atoms with van der Waals surface area (Å²) in [6.07, 6.45) is 0. The van der Waals surface area contributed by atoms with E-state index < -0.39 is 0 Å². The second-order valence-corrected chi connectivity index (χ2v) is 4.20. The van der Waals surface area contributed by atoms with Crippen molar-refractivity contribution in [2.75, 3.05) is 32.5 Å². The fourth-order valence-corrected chi connectivity index (χ4v) is 1.54. The van der Waals surface area contributed by atoms with Gasteiger partial charge in [-0.05, 0) is 26.2 Å². The van der Waals surface area contributed by atoms with E-state index in [9.17, 15) is 4.39 Å². The molecule has 1 aromatic carbocycles. The molecular weight excluding hydrogens is 225 g/mol. The van der Waals surface area contributed by atoms with Crippen molar-refractivity contribution in [1.82, 2.24) is 4.90 Å². The van der Waals surface area contributed by atoms with Gasteiger partial charge < -0.3 is 16.0 Å². The van der Waals surface area contributed by atoms with Crippen molar-refractivity contribution < 1.29 is 4.39 Å².